The van der Waals surface area contributed by atoms with E-state index in [-0.39, 0.29) is 22.6 Å². The van der Waals surface area contributed by atoms with Crippen molar-refractivity contribution < 1.29 is 32.2 Å². The first-order chi connectivity index (χ1) is 21.0. The van der Waals surface area contributed by atoms with Crippen molar-refractivity contribution in [2.24, 2.45) is 5.10 Å². The van der Waals surface area contributed by atoms with E-state index in [1.165, 1.54) is 12.3 Å². The Morgan fingerprint density at radius 2 is 1.75 bits per heavy atom. The number of esters is 1. The topological polar surface area (TPSA) is 92.8 Å². The second-order valence-corrected chi connectivity index (χ2v) is 11.1. The van der Waals surface area contributed by atoms with Crippen LogP contribution in [0, 0.1) is 0 Å². The summed E-state index contributed by atoms with van der Waals surface area (Å²) in [6.07, 6.45) is -3.36. The van der Waals surface area contributed by atoms with Crippen molar-refractivity contribution in [1.29, 1.82) is 0 Å². The summed E-state index contributed by atoms with van der Waals surface area (Å²) in [6.45, 7) is 2.37. The number of nitrogens with one attached hydrogen (secondary N) is 2. The number of hydrogen-bond acceptors (Lipinski definition) is 5. The Bertz CT molecular complexity index is 1890. The van der Waals surface area contributed by atoms with E-state index in [9.17, 15) is 22.8 Å². The number of aromatic nitrogens is 1. The number of carbonyl (C=O) groups is 2. The Balaban J connectivity index is 1.43. The van der Waals surface area contributed by atoms with Gasteiger partial charge in [0.1, 0.15) is 11.4 Å². The maximum absolute atomic E-state index is 13.4. The van der Waals surface area contributed by atoms with E-state index in [1.807, 2.05) is 55.5 Å². The molecular weight excluding hydrogens is 707 g/mol. The lowest BCUT2D eigenvalue weighted by Gasteiger charge is -2.12. The molecule has 0 bridgehead atoms. The molecule has 1 amide bonds. The summed E-state index contributed by atoms with van der Waals surface area (Å²) in [5.41, 5.74) is 3.96. The Morgan fingerprint density at radius 1 is 0.977 bits per heavy atom. The molecule has 0 radical (unpaired) electrons. The number of fused-ring (bicyclic) bond motifs is 1. The van der Waals surface area contributed by atoms with Gasteiger partial charge in [0.05, 0.1) is 28.4 Å². The predicted octanol–water partition coefficient (Wildman–Crippen LogP) is 8.76. The minimum atomic E-state index is -4.62. The first-order valence-electron chi connectivity index (χ1n) is 13.1. The Morgan fingerprint density at radius 3 is 2.48 bits per heavy atom. The van der Waals surface area contributed by atoms with Crippen molar-refractivity contribution >= 4 is 60.9 Å². The molecule has 0 fully saturated rings. The fourth-order valence-corrected chi connectivity index (χ4v) is 5.82. The van der Waals surface area contributed by atoms with E-state index in [0.717, 1.165) is 28.6 Å². The number of amides is 1. The number of ether oxygens (including phenoxy) is 2. The maximum Gasteiger partial charge on any atom is 0.416 e. The SMILES string of the molecule is CCOc1ccc2[nH]c(C(=O)NN=Cc3cc(Br)cc(Br)c3OC(=O)c3cccc(C(F)(F)F)c3)c(-c3ccccc3)c2c1. The molecule has 1 aromatic heterocycles. The van der Waals surface area contributed by atoms with Gasteiger partial charge in [-0.3, -0.25) is 4.79 Å². The van der Waals surface area contributed by atoms with Gasteiger partial charge in [-0.05, 0) is 76.9 Å². The number of halogens is 5. The van der Waals surface area contributed by atoms with E-state index in [2.05, 4.69) is 47.4 Å². The maximum atomic E-state index is 13.4. The molecule has 44 heavy (non-hydrogen) atoms. The number of alkyl halides is 3. The molecule has 0 aliphatic rings. The van der Waals surface area contributed by atoms with Crippen LogP contribution in [-0.4, -0.2) is 29.7 Å². The van der Waals surface area contributed by atoms with Crippen LogP contribution in [0.2, 0.25) is 0 Å². The number of hydrogen-bond donors (Lipinski definition) is 2. The number of H-pyrrole nitrogens is 1. The molecule has 5 aromatic rings. The van der Waals surface area contributed by atoms with Gasteiger partial charge in [0.2, 0.25) is 0 Å². The molecule has 0 unspecified atom stereocenters. The highest BCUT2D eigenvalue weighted by Crippen LogP contribution is 2.36. The molecule has 0 aliphatic carbocycles. The summed E-state index contributed by atoms with van der Waals surface area (Å²) in [6, 6.07) is 22.0. The summed E-state index contributed by atoms with van der Waals surface area (Å²) in [4.78, 5) is 29.4. The minimum absolute atomic E-state index is 0.00680. The van der Waals surface area contributed by atoms with Crippen LogP contribution in [0.3, 0.4) is 0 Å². The Hall–Kier alpha value is -4.42. The molecule has 224 valence electrons. The summed E-state index contributed by atoms with van der Waals surface area (Å²) in [5.74, 6) is -0.887. The molecule has 5 rings (SSSR count). The zero-order valence-electron chi connectivity index (χ0n) is 22.8. The largest absolute Gasteiger partial charge is 0.494 e. The Kier molecular flexibility index (Phi) is 9.21. The van der Waals surface area contributed by atoms with Gasteiger partial charge in [-0.2, -0.15) is 18.3 Å². The van der Waals surface area contributed by atoms with Crippen molar-refractivity contribution in [1.82, 2.24) is 10.4 Å². The molecule has 1 heterocycles. The summed E-state index contributed by atoms with van der Waals surface area (Å²) in [7, 11) is 0. The first-order valence-corrected chi connectivity index (χ1v) is 14.7. The third-order valence-electron chi connectivity index (χ3n) is 6.40. The smallest absolute Gasteiger partial charge is 0.416 e. The van der Waals surface area contributed by atoms with Crippen LogP contribution in [0.25, 0.3) is 22.0 Å². The number of nitrogens with zero attached hydrogens (tertiary/aromatic N) is 1. The second kappa shape index (κ2) is 13.1. The molecule has 2 N–H and O–H groups in total. The van der Waals surface area contributed by atoms with Gasteiger partial charge in [-0.1, -0.05) is 52.3 Å². The van der Waals surface area contributed by atoms with Crippen LogP contribution in [-0.2, 0) is 6.18 Å². The average molecular weight is 729 g/mol. The van der Waals surface area contributed by atoms with Gasteiger partial charge in [0.25, 0.3) is 5.91 Å². The first kappa shape index (κ1) is 31.0. The molecule has 0 saturated heterocycles. The number of rotatable bonds is 8. The summed E-state index contributed by atoms with van der Waals surface area (Å²) in [5, 5.41) is 4.88. The number of aromatic amines is 1. The van der Waals surface area contributed by atoms with Gasteiger partial charge in [-0.25, -0.2) is 10.2 Å². The molecule has 0 aliphatic heterocycles. The van der Waals surface area contributed by atoms with Gasteiger partial charge < -0.3 is 14.5 Å². The highest BCUT2D eigenvalue weighted by atomic mass is 79.9. The van der Waals surface area contributed by atoms with Crippen molar-refractivity contribution in [3.05, 3.63) is 116 Å². The van der Waals surface area contributed by atoms with Crippen LogP contribution in [0.1, 0.15) is 38.9 Å². The summed E-state index contributed by atoms with van der Waals surface area (Å²) >= 11 is 6.68. The van der Waals surface area contributed by atoms with Gasteiger partial charge >= 0.3 is 12.1 Å². The van der Waals surface area contributed by atoms with Crippen LogP contribution in [0.15, 0.2) is 99.0 Å². The second-order valence-electron chi connectivity index (χ2n) is 9.35. The van der Waals surface area contributed by atoms with E-state index >= 15 is 0 Å². The standard InChI is InChI=1S/C32H22Br2F3N3O4/c1-2-43-23-11-12-26-24(16-23)27(18-7-4-3-5-8-18)28(39-26)30(41)40-38-17-20-14-22(33)15-25(34)29(20)44-31(42)19-9-6-10-21(13-19)32(35,36)37/h3-17,39H,2H2,1H3,(H,40,41). The van der Waals surface area contributed by atoms with Crippen LogP contribution < -0.4 is 14.9 Å². The predicted molar refractivity (Wildman–Crippen MR) is 168 cm³/mol. The molecular formula is C32H22Br2F3N3O4. The van der Waals surface area contributed by atoms with Gasteiger partial charge in [0, 0.05) is 26.5 Å². The van der Waals surface area contributed by atoms with Crippen molar-refractivity contribution in [3.63, 3.8) is 0 Å². The number of benzene rings is 4. The van der Waals surface area contributed by atoms with E-state index in [1.54, 1.807) is 12.1 Å². The number of hydrazone groups is 1. The third-order valence-corrected chi connectivity index (χ3v) is 7.44. The van der Waals surface area contributed by atoms with Crippen molar-refractivity contribution in [3.8, 4) is 22.6 Å². The normalized spacial score (nSPS) is 11.6. The summed E-state index contributed by atoms with van der Waals surface area (Å²) < 4.78 is 51.5. The molecule has 7 nitrogen and oxygen atoms in total. The molecule has 0 atom stereocenters. The highest BCUT2D eigenvalue weighted by molar-refractivity contribution is 9.11. The fraction of sp³-hybridized carbons (Fsp3) is 0.0938. The molecule has 12 heteroatoms. The van der Waals surface area contributed by atoms with Gasteiger partial charge in [0.15, 0.2) is 5.75 Å². The zero-order chi connectivity index (χ0) is 31.4. The fourth-order valence-electron chi connectivity index (χ4n) is 4.48. The number of carbonyl (C=O) groups excluding carboxylic acids is 2. The van der Waals surface area contributed by atoms with E-state index < -0.39 is 23.6 Å². The van der Waals surface area contributed by atoms with Crippen LogP contribution in [0.5, 0.6) is 11.5 Å². The van der Waals surface area contributed by atoms with Crippen molar-refractivity contribution in [2.45, 2.75) is 13.1 Å². The lowest BCUT2D eigenvalue weighted by molar-refractivity contribution is -0.137. The van der Waals surface area contributed by atoms with Gasteiger partial charge in [-0.15, -0.1) is 0 Å². The Labute approximate surface area is 266 Å². The lowest BCUT2D eigenvalue weighted by Crippen LogP contribution is -2.19. The molecule has 0 saturated carbocycles. The molecule has 0 spiro atoms. The quantitative estimate of drug-likeness (QED) is 0.0724. The highest BCUT2D eigenvalue weighted by Gasteiger charge is 2.31. The van der Waals surface area contributed by atoms with E-state index in [0.29, 0.717) is 32.9 Å². The van der Waals surface area contributed by atoms with E-state index in [4.69, 9.17) is 9.47 Å². The van der Waals surface area contributed by atoms with Crippen molar-refractivity contribution in [2.75, 3.05) is 6.61 Å². The average Bonchev–Trinajstić information content (AvgIpc) is 3.38. The molecule has 4 aromatic carbocycles. The third kappa shape index (κ3) is 6.87. The minimum Gasteiger partial charge on any atom is -0.494 e. The van der Waals surface area contributed by atoms with Crippen LogP contribution in [0.4, 0.5) is 13.2 Å². The monoisotopic (exact) mass is 727 g/mol. The zero-order valence-corrected chi connectivity index (χ0v) is 26.0. The van der Waals surface area contributed by atoms with Crippen LogP contribution >= 0.6 is 31.9 Å². The lowest BCUT2D eigenvalue weighted by atomic mass is 10.0.